The van der Waals surface area contributed by atoms with Crippen LogP contribution < -0.4 is 16.0 Å². The number of aryl methyl sites for hydroxylation is 1. The number of methoxy groups -OCH3 is 1. The lowest BCUT2D eigenvalue weighted by Crippen LogP contribution is -2.41. The molecule has 12 nitrogen and oxygen atoms in total. The Morgan fingerprint density at radius 1 is 1.21 bits per heavy atom. The summed E-state index contributed by atoms with van der Waals surface area (Å²) < 4.78 is 36.9. The molecule has 1 saturated heterocycles. The third kappa shape index (κ3) is 5.65. The highest BCUT2D eigenvalue weighted by Gasteiger charge is 2.29. The molecule has 1 aliphatic heterocycles. The lowest BCUT2D eigenvalue weighted by Gasteiger charge is -2.29. The Balaban J connectivity index is 1.71. The molecule has 1 atom stereocenters. The minimum absolute atomic E-state index is 0.0422. The normalized spacial score (nSPS) is 15.6. The van der Waals surface area contributed by atoms with Gasteiger partial charge in [0.15, 0.2) is 0 Å². The van der Waals surface area contributed by atoms with Gasteiger partial charge in [-0.25, -0.2) is 14.3 Å². The van der Waals surface area contributed by atoms with Crippen LogP contribution in [0.2, 0.25) is 0 Å². The molecule has 0 saturated carbocycles. The Kier molecular flexibility index (Phi) is 7.90. The molecule has 4 heterocycles. The highest BCUT2D eigenvalue weighted by molar-refractivity contribution is 7.50. The lowest BCUT2D eigenvalue weighted by molar-refractivity contribution is -0.0753. The molecule has 1 aliphatic rings. The van der Waals surface area contributed by atoms with Gasteiger partial charge < -0.3 is 28.4 Å². The fraction of sp³-hybridized carbons (Fsp3) is 0.400. The van der Waals surface area contributed by atoms with Gasteiger partial charge in [-0.2, -0.15) is 0 Å². The highest BCUT2D eigenvalue weighted by atomic mass is 32.1. The summed E-state index contributed by atoms with van der Waals surface area (Å²) in [7, 11) is -3.23. The van der Waals surface area contributed by atoms with E-state index in [1.54, 1.807) is 20.1 Å². The van der Waals surface area contributed by atoms with Crippen molar-refractivity contribution in [2.45, 2.75) is 44.8 Å². The number of benzene rings is 1. The number of para-hydroxylation sites is 1. The number of thiophene rings is 1. The number of ether oxygens (including phenoxy) is 3. The molecule has 0 amide bonds. The first kappa shape index (κ1) is 27.5. The molecule has 2 N–H and O–H groups in total. The van der Waals surface area contributed by atoms with Gasteiger partial charge in [0.2, 0.25) is 5.89 Å². The van der Waals surface area contributed by atoms with Crippen molar-refractivity contribution in [3.8, 4) is 16.5 Å². The molecule has 14 heteroatoms. The van der Waals surface area contributed by atoms with E-state index < -0.39 is 31.2 Å². The number of oxazole rings is 1. The van der Waals surface area contributed by atoms with Crippen LogP contribution in [0.25, 0.3) is 21.0 Å². The van der Waals surface area contributed by atoms with Crippen LogP contribution in [0.1, 0.15) is 30.1 Å². The van der Waals surface area contributed by atoms with Gasteiger partial charge in [-0.05, 0) is 31.4 Å². The molecule has 0 spiro atoms. The summed E-state index contributed by atoms with van der Waals surface area (Å²) in [5.41, 5.74) is -0.456. The Labute approximate surface area is 226 Å². The second-order valence-electron chi connectivity index (χ2n) is 9.18. The van der Waals surface area contributed by atoms with E-state index in [-0.39, 0.29) is 23.9 Å². The first-order valence-corrected chi connectivity index (χ1v) is 14.9. The number of aromatic nitrogens is 3. The van der Waals surface area contributed by atoms with Gasteiger partial charge >= 0.3 is 13.3 Å². The Morgan fingerprint density at radius 2 is 1.95 bits per heavy atom. The van der Waals surface area contributed by atoms with Crippen LogP contribution in [0.4, 0.5) is 0 Å². The molecule has 0 bridgehead atoms. The summed E-state index contributed by atoms with van der Waals surface area (Å²) in [6.07, 6.45) is 2.33. The summed E-state index contributed by atoms with van der Waals surface area (Å²) in [6.45, 7) is 2.74. The second kappa shape index (κ2) is 11.2. The van der Waals surface area contributed by atoms with E-state index in [2.05, 4.69) is 4.98 Å². The third-order valence-electron chi connectivity index (χ3n) is 6.61. The Hall–Kier alpha value is -3.06. The van der Waals surface area contributed by atoms with E-state index in [1.807, 2.05) is 18.2 Å². The number of rotatable bonds is 9. The molecule has 5 rings (SSSR count). The fourth-order valence-electron chi connectivity index (χ4n) is 4.76. The van der Waals surface area contributed by atoms with E-state index in [9.17, 15) is 23.9 Å². The van der Waals surface area contributed by atoms with Crippen LogP contribution in [0.5, 0.6) is 5.75 Å². The van der Waals surface area contributed by atoms with Crippen LogP contribution in [0.3, 0.4) is 0 Å². The van der Waals surface area contributed by atoms with Crippen molar-refractivity contribution >= 4 is 29.1 Å². The van der Waals surface area contributed by atoms with Crippen LogP contribution in [-0.2, 0) is 26.9 Å². The number of fused-ring (bicyclic) bond motifs is 1. The van der Waals surface area contributed by atoms with Gasteiger partial charge in [-0.15, -0.1) is 11.3 Å². The molecule has 39 heavy (non-hydrogen) atoms. The van der Waals surface area contributed by atoms with Gasteiger partial charge in [0.25, 0.3) is 5.56 Å². The van der Waals surface area contributed by atoms with E-state index in [4.69, 9.17) is 18.6 Å². The van der Waals surface area contributed by atoms with Crippen molar-refractivity contribution < 1.29 is 33.0 Å². The quantitative estimate of drug-likeness (QED) is 0.283. The fourth-order valence-corrected chi connectivity index (χ4v) is 6.62. The molecule has 4 aromatic rings. The van der Waals surface area contributed by atoms with Crippen molar-refractivity contribution in [1.29, 1.82) is 0 Å². The van der Waals surface area contributed by atoms with Gasteiger partial charge in [0, 0.05) is 18.8 Å². The van der Waals surface area contributed by atoms with Crippen molar-refractivity contribution in [3.63, 3.8) is 0 Å². The SMILES string of the molecule is COc1ccccc1[C@H](Cn1c(=O)n(CP(=O)(O)O)c(=O)c2c(C)c(-c3ncco3)sc21)OC1CCOCC1. The summed E-state index contributed by atoms with van der Waals surface area (Å²) in [5, 5.41) is 0.158. The largest absolute Gasteiger partial charge is 0.496 e. The Morgan fingerprint density at radius 3 is 2.62 bits per heavy atom. The minimum atomic E-state index is -4.77. The first-order chi connectivity index (χ1) is 18.7. The first-order valence-electron chi connectivity index (χ1n) is 12.2. The minimum Gasteiger partial charge on any atom is -0.496 e. The van der Waals surface area contributed by atoms with E-state index >= 15 is 0 Å². The van der Waals surface area contributed by atoms with E-state index in [1.165, 1.54) is 17.0 Å². The average molecular weight is 578 g/mol. The number of nitrogens with zero attached hydrogens (tertiary/aromatic N) is 3. The summed E-state index contributed by atoms with van der Waals surface area (Å²) in [4.78, 5) is 51.6. The van der Waals surface area contributed by atoms with Crippen molar-refractivity contribution in [2.24, 2.45) is 0 Å². The molecular weight excluding hydrogens is 549 g/mol. The summed E-state index contributed by atoms with van der Waals surface area (Å²) in [6, 6.07) is 7.29. The molecule has 0 radical (unpaired) electrons. The molecular formula is C25H28N3O9PS. The number of hydrogen-bond donors (Lipinski definition) is 2. The van der Waals surface area contributed by atoms with Gasteiger partial charge in [0.1, 0.15) is 29.2 Å². The van der Waals surface area contributed by atoms with Crippen molar-refractivity contribution in [2.75, 3.05) is 20.3 Å². The Bertz CT molecular complexity index is 1630. The third-order valence-corrected chi connectivity index (χ3v) is 8.56. The molecule has 1 aromatic carbocycles. The number of hydrogen-bond acceptors (Lipinski definition) is 9. The summed E-state index contributed by atoms with van der Waals surface area (Å²) in [5.74, 6) is 0.832. The van der Waals surface area contributed by atoms with Crippen LogP contribution in [0.15, 0.2) is 50.7 Å². The standard InChI is InChI=1S/C25H28N3O9PS/c1-15-20-23(29)28(14-38(31,32)33)25(30)27(24(20)39-21(15)22-26-9-12-36-22)13-19(37-16-7-10-35-11-8-16)17-5-3-4-6-18(17)34-2/h3-6,9,12,16,19H,7-8,10-11,13-14H2,1-2H3,(H2,31,32,33)/t19-/m0/s1. The maximum Gasteiger partial charge on any atom is 0.345 e. The topological polar surface area (TPSA) is 155 Å². The predicted molar refractivity (Wildman–Crippen MR) is 143 cm³/mol. The maximum absolute atomic E-state index is 13.7. The molecule has 1 fully saturated rings. The maximum atomic E-state index is 13.7. The van der Waals surface area contributed by atoms with Crippen molar-refractivity contribution in [3.05, 3.63) is 68.7 Å². The molecule has 0 unspecified atom stereocenters. The zero-order valence-corrected chi connectivity index (χ0v) is 23.0. The zero-order valence-electron chi connectivity index (χ0n) is 21.3. The molecule has 0 aliphatic carbocycles. The van der Waals surface area contributed by atoms with Crippen molar-refractivity contribution in [1.82, 2.24) is 14.1 Å². The molecule has 3 aromatic heterocycles. The monoisotopic (exact) mass is 577 g/mol. The highest BCUT2D eigenvalue weighted by Crippen LogP contribution is 2.39. The smallest absolute Gasteiger partial charge is 0.345 e. The zero-order chi connectivity index (χ0) is 27.7. The average Bonchev–Trinajstić information content (AvgIpc) is 3.56. The molecule has 208 valence electrons. The van der Waals surface area contributed by atoms with Crippen LogP contribution in [0, 0.1) is 6.92 Å². The predicted octanol–water partition coefficient (Wildman–Crippen LogP) is 3.27. The summed E-state index contributed by atoms with van der Waals surface area (Å²) >= 11 is 1.15. The lowest BCUT2D eigenvalue weighted by atomic mass is 10.1. The second-order valence-corrected chi connectivity index (χ2v) is 11.8. The van der Waals surface area contributed by atoms with Crippen LogP contribution in [-0.4, -0.2) is 50.3 Å². The van der Waals surface area contributed by atoms with Gasteiger partial charge in [0.05, 0.1) is 36.2 Å². The van der Waals surface area contributed by atoms with Gasteiger partial charge in [-0.3, -0.25) is 13.9 Å². The van der Waals surface area contributed by atoms with Gasteiger partial charge in [-0.1, -0.05) is 18.2 Å². The van der Waals surface area contributed by atoms with E-state index in [0.717, 1.165) is 11.3 Å². The van der Waals surface area contributed by atoms with E-state index in [0.29, 0.717) is 57.2 Å². The van der Waals surface area contributed by atoms with Crippen LogP contribution >= 0.6 is 18.9 Å².